The lowest BCUT2D eigenvalue weighted by Gasteiger charge is -2.20. The van der Waals surface area contributed by atoms with Gasteiger partial charge in [-0.1, -0.05) is 60.7 Å². The smallest absolute Gasteiger partial charge is 0.0916 e. The van der Waals surface area contributed by atoms with Gasteiger partial charge in [-0.2, -0.15) is 0 Å². The lowest BCUT2D eigenvalue weighted by Crippen LogP contribution is -2.26. The van der Waals surface area contributed by atoms with E-state index in [1.807, 2.05) is 36.4 Å². The fraction of sp³-hybridized carbons (Fsp3) is 0.294. The van der Waals surface area contributed by atoms with Crippen LogP contribution in [0.4, 0.5) is 0 Å². The highest BCUT2D eigenvalue weighted by Crippen LogP contribution is 2.13. The van der Waals surface area contributed by atoms with Crippen molar-refractivity contribution >= 4 is 0 Å². The van der Waals surface area contributed by atoms with E-state index in [9.17, 15) is 5.11 Å². The molecule has 0 saturated heterocycles. The van der Waals surface area contributed by atoms with Crippen molar-refractivity contribution in [2.75, 3.05) is 20.1 Å². The third-order valence-corrected chi connectivity index (χ3v) is 3.29. The zero-order valence-corrected chi connectivity index (χ0v) is 11.4. The number of nitrogens with zero attached hydrogens (tertiary/aromatic N) is 1. The number of hydrogen-bond donors (Lipinski definition) is 1. The minimum Gasteiger partial charge on any atom is -0.387 e. The largest absolute Gasteiger partial charge is 0.387 e. The van der Waals surface area contributed by atoms with Gasteiger partial charge < -0.3 is 10.0 Å². The molecule has 0 aliphatic heterocycles. The standard InChI is InChI=1S/C17H21NO/c1-18(13-12-15-8-4-2-5-9-15)14-17(19)16-10-6-3-7-11-16/h2-11,17,19H,12-14H2,1H3. The molecule has 19 heavy (non-hydrogen) atoms. The van der Waals surface area contributed by atoms with Crippen molar-refractivity contribution in [2.45, 2.75) is 12.5 Å². The highest BCUT2D eigenvalue weighted by Gasteiger charge is 2.09. The normalized spacial score (nSPS) is 12.6. The molecule has 2 nitrogen and oxygen atoms in total. The summed E-state index contributed by atoms with van der Waals surface area (Å²) in [5.41, 5.74) is 2.32. The Morgan fingerprint density at radius 3 is 2.16 bits per heavy atom. The highest BCUT2D eigenvalue weighted by molar-refractivity contribution is 5.18. The summed E-state index contributed by atoms with van der Waals surface area (Å²) in [4.78, 5) is 2.17. The fourth-order valence-electron chi connectivity index (χ4n) is 2.13. The van der Waals surface area contributed by atoms with Gasteiger partial charge in [-0.15, -0.1) is 0 Å². The molecule has 2 aromatic rings. The molecule has 0 amide bonds. The summed E-state index contributed by atoms with van der Waals surface area (Å²) in [6.07, 6.45) is 0.598. The number of aliphatic hydroxyl groups excluding tert-OH is 1. The maximum atomic E-state index is 10.1. The summed E-state index contributed by atoms with van der Waals surface area (Å²) in [6, 6.07) is 20.3. The molecule has 100 valence electrons. The highest BCUT2D eigenvalue weighted by atomic mass is 16.3. The Bertz CT molecular complexity index is 469. The van der Waals surface area contributed by atoms with E-state index < -0.39 is 6.10 Å². The molecule has 1 unspecified atom stereocenters. The number of aliphatic hydroxyl groups is 1. The maximum absolute atomic E-state index is 10.1. The minimum absolute atomic E-state index is 0.415. The number of likely N-dealkylation sites (N-methyl/N-ethyl adjacent to an activating group) is 1. The number of benzene rings is 2. The first-order valence-electron chi connectivity index (χ1n) is 6.71. The molecule has 0 aromatic heterocycles. The van der Waals surface area contributed by atoms with Crippen molar-refractivity contribution in [3.8, 4) is 0 Å². The van der Waals surface area contributed by atoms with E-state index in [1.54, 1.807) is 0 Å². The van der Waals surface area contributed by atoms with Gasteiger partial charge in [0, 0.05) is 13.1 Å². The summed E-state index contributed by atoms with van der Waals surface area (Å²) >= 11 is 0. The molecule has 2 rings (SSSR count). The molecule has 0 bridgehead atoms. The van der Waals surface area contributed by atoms with Crippen LogP contribution in [0.1, 0.15) is 17.2 Å². The molecule has 0 aliphatic carbocycles. The van der Waals surface area contributed by atoms with Crippen molar-refractivity contribution in [1.29, 1.82) is 0 Å². The summed E-state index contributed by atoms with van der Waals surface area (Å²) in [5.74, 6) is 0. The zero-order valence-electron chi connectivity index (χ0n) is 11.4. The van der Waals surface area contributed by atoms with E-state index in [0.29, 0.717) is 6.54 Å². The van der Waals surface area contributed by atoms with Gasteiger partial charge in [0.05, 0.1) is 6.10 Å². The van der Waals surface area contributed by atoms with E-state index in [-0.39, 0.29) is 0 Å². The summed E-state index contributed by atoms with van der Waals surface area (Å²) in [5, 5.41) is 10.1. The fourth-order valence-corrected chi connectivity index (χ4v) is 2.13. The Morgan fingerprint density at radius 2 is 1.53 bits per heavy atom. The van der Waals surface area contributed by atoms with E-state index in [2.05, 4.69) is 36.2 Å². The Labute approximate surface area is 115 Å². The second kappa shape index (κ2) is 7.07. The van der Waals surface area contributed by atoms with Gasteiger partial charge >= 0.3 is 0 Å². The molecule has 0 fully saturated rings. The quantitative estimate of drug-likeness (QED) is 0.858. The topological polar surface area (TPSA) is 23.5 Å². The van der Waals surface area contributed by atoms with E-state index >= 15 is 0 Å². The van der Waals surface area contributed by atoms with Crippen LogP contribution >= 0.6 is 0 Å². The van der Waals surface area contributed by atoms with Crippen molar-refractivity contribution in [3.63, 3.8) is 0 Å². The Hall–Kier alpha value is -1.64. The second-order valence-electron chi connectivity index (χ2n) is 4.92. The molecular formula is C17H21NO. The van der Waals surface area contributed by atoms with Crippen LogP contribution in [0.25, 0.3) is 0 Å². The van der Waals surface area contributed by atoms with Crippen LogP contribution in [0.2, 0.25) is 0 Å². The van der Waals surface area contributed by atoms with Crippen molar-refractivity contribution in [2.24, 2.45) is 0 Å². The average Bonchev–Trinajstić information content (AvgIpc) is 2.47. The van der Waals surface area contributed by atoms with Crippen LogP contribution in [0.5, 0.6) is 0 Å². The second-order valence-corrected chi connectivity index (χ2v) is 4.92. The Kier molecular flexibility index (Phi) is 5.13. The zero-order chi connectivity index (χ0) is 13.5. The Balaban J connectivity index is 1.80. The van der Waals surface area contributed by atoms with E-state index in [0.717, 1.165) is 18.5 Å². The van der Waals surface area contributed by atoms with Crippen LogP contribution in [0, 0.1) is 0 Å². The van der Waals surface area contributed by atoms with Crippen LogP contribution in [-0.2, 0) is 6.42 Å². The number of hydrogen-bond acceptors (Lipinski definition) is 2. The molecule has 0 saturated carbocycles. The van der Waals surface area contributed by atoms with Crippen LogP contribution in [0.3, 0.4) is 0 Å². The Morgan fingerprint density at radius 1 is 0.947 bits per heavy atom. The van der Waals surface area contributed by atoms with Crippen molar-refractivity contribution in [3.05, 3.63) is 71.8 Å². The van der Waals surface area contributed by atoms with Gasteiger partial charge in [0.15, 0.2) is 0 Å². The summed E-state index contributed by atoms with van der Waals surface area (Å²) < 4.78 is 0. The first-order chi connectivity index (χ1) is 9.25. The first-order valence-corrected chi connectivity index (χ1v) is 6.71. The third-order valence-electron chi connectivity index (χ3n) is 3.29. The van der Waals surface area contributed by atoms with E-state index in [1.165, 1.54) is 5.56 Å². The van der Waals surface area contributed by atoms with Gasteiger partial charge in [0.1, 0.15) is 0 Å². The lowest BCUT2D eigenvalue weighted by molar-refractivity contribution is 0.127. The first kappa shape index (κ1) is 13.8. The van der Waals surface area contributed by atoms with Crippen LogP contribution in [-0.4, -0.2) is 30.1 Å². The SMILES string of the molecule is CN(CCc1ccccc1)CC(O)c1ccccc1. The van der Waals surface area contributed by atoms with Crippen molar-refractivity contribution < 1.29 is 5.11 Å². The molecule has 1 N–H and O–H groups in total. The van der Waals surface area contributed by atoms with Crippen molar-refractivity contribution in [1.82, 2.24) is 4.90 Å². The molecular weight excluding hydrogens is 234 g/mol. The predicted molar refractivity (Wildman–Crippen MR) is 79.0 cm³/mol. The van der Waals surface area contributed by atoms with Gasteiger partial charge in [0.25, 0.3) is 0 Å². The van der Waals surface area contributed by atoms with Gasteiger partial charge in [0.2, 0.25) is 0 Å². The molecule has 0 heterocycles. The predicted octanol–water partition coefficient (Wildman–Crippen LogP) is 2.89. The number of rotatable bonds is 6. The van der Waals surface area contributed by atoms with Gasteiger partial charge in [-0.05, 0) is 24.6 Å². The minimum atomic E-state index is -0.415. The van der Waals surface area contributed by atoms with Gasteiger partial charge in [-0.3, -0.25) is 0 Å². The average molecular weight is 255 g/mol. The monoisotopic (exact) mass is 255 g/mol. The molecule has 2 aromatic carbocycles. The molecule has 2 heteroatoms. The summed E-state index contributed by atoms with van der Waals surface area (Å²) in [6.45, 7) is 1.62. The molecule has 0 aliphatic rings. The molecule has 0 spiro atoms. The summed E-state index contributed by atoms with van der Waals surface area (Å²) in [7, 11) is 2.05. The third kappa shape index (κ3) is 4.51. The maximum Gasteiger partial charge on any atom is 0.0916 e. The van der Waals surface area contributed by atoms with E-state index in [4.69, 9.17) is 0 Å². The molecule has 1 atom stereocenters. The van der Waals surface area contributed by atoms with Gasteiger partial charge in [-0.25, -0.2) is 0 Å². The lowest BCUT2D eigenvalue weighted by atomic mass is 10.1. The molecule has 0 radical (unpaired) electrons. The van der Waals surface area contributed by atoms with Crippen LogP contribution in [0.15, 0.2) is 60.7 Å². The van der Waals surface area contributed by atoms with Crippen LogP contribution < -0.4 is 0 Å².